The third-order valence-corrected chi connectivity index (χ3v) is 10.2. The molecule has 9 aromatic carbocycles. The molecule has 51 heavy (non-hydrogen) atoms. The molecule has 0 unspecified atom stereocenters. The van der Waals surface area contributed by atoms with Crippen molar-refractivity contribution in [1.29, 1.82) is 0 Å². The Bertz CT molecular complexity index is 2840. The van der Waals surface area contributed by atoms with Crippen LogP contribution in [-0.4, -0.2) is 9.55 Å². The monoisotopic (exact) mass is 648 g/mol. The minimum absolute atomic E-state index is 0.932. The molecule has 0 aliphatic carbocycles. The Hall–Kier alpha value is -6.77. The van der Waals surface area contributed by atoms with Gasteiger partial charge >= 0.3 is 0 Å². The first-order chi connectivity index (χ1) is 25.3. The summed E-state index contributed by atoms with van der Waals surface area (Å²) in [5.41, 5.74) is 11.6. The Morgan fingerprint density at radius 1 is 0.333 bits per heavy atom. The van der Waals surface area contributed by atoms with E-state index in [1.54, 1.807) is 0 Å². The Morgan fingerprint density at radius 2 is 0.882 bits per heavy atom. The third-order valence-electron chi connectivity index (χ3n) is 10.2. The highest BCUT2D eigenvalue weighted by molar-refractivity contribution is 6.21. The number of rotatable bonds is 5. The number of hydrogen-bond acceptors (Lipinski definition) is 1. The van der Waals surface area contributed by atoms with Crippen molar-refractivity contribution in [2.75, 3.05) is 0 Å². The molecule has 0 spiro atoms. The van der Waals surface area contributed by atoms with Crippen molar-refractivity contribution in [2.45, 2.75) is 0 Å². The summed E-state index contributed by atoms with van der Waals surface area (Å²) in [6.07, 6.45) is 0. The van der Waals surface area contributed by atoms with Gasteiger partial charge in [0.2, 0.25) is 0 Å². The van der Waals surface area contributed by atoms with Gasteiger partial charge in [0.15, 0.2) is 0 Å². The molecule has 0 atom stereocenters. The van der Waals surface area contributed by atoms with Crippen LogP contribution in [0.3, 0.4) is 0 Å². The molecular formula is C49H32N2. The Kier molecular flexibility index (Phi) is 6.85. The number of benzene rings is 9. The number of nitrogens with zero attached hydrogens (tertiary/aromatic N) is 2. The molecule has 1 heterocycles. The number of fused-ring (bicyclic) bond motifs is 4. The van der Waals surface area contributed by atoms with E-state index in [1.807, 2.05) is 0 Å². The van der Waals surface area contributed by atoms with E-state index < -0.39 is 0 Å². The molecule has 0 N–H and O–H groups in total. The van der Waals surface area contributed by atoms with Crippen molar-refractivity contribution in [3.05, 3.63) is 194 Å². The maximum Gasteiger partial charge on any atom is 0.145 e. The van der Waals surface area contributed by atoms with Gasteiger partial charge in [-0.25, -0.2) is 4.98 Å². The van der Waals surface area contributed by atoms with Gasteiger partial charge in [-0.15, -0.1) is 0 Å². The zero-order valence-corrected chi connectivity index (χ0v) is 27.9. The predicted molar refractivity (Wildman–Crippen MR) is 215 cm³/mol. The first-order valence-electron chi connectivity index (χ1n) is 17.5. The van der Waals surface area contributed by atoms with E-state index in [0.29, 0.717) is 0 Å². The lowest BCUT2D eigenvalue weighted by atomic mass is 9.85. The number of hydrogen-bond donors (Lipinski definition) is 0. The summed E-state index contributed by atoms with van der Waals surface area (Å²) in [5, 5.41) is 7.42. The second kappa shape index (κ2) is 12.0. The second-order valence-electron chi connectivity index (χ2n) is 13.2. The molecule has 0 saturated carbocycles. The number of imidazole rings is 1. The van der Waals surface area contributed by atoms with Gasteiger partial charge in [-0.3, -0.25) is 4.57 Å². The topological polar surface area (TPSA) is 17.8 Å². The zero-order chi connectivity index (χ0) is 33.7. The molecule has 238 valence electrons. The summed E-state index contributed by atoms with van der Waals surface area (Å²) in [5.74, 6) is 0.932. The van der Waals surface area contributed by atoms with Crippen LogP contribution in [0, 0.1) is 0 Å². The van der Waals surface area contributed by atoms with Crippen LogP contribution in [0.2, 0.25) is 0 Å². The highest BCUT2D eigenvalue weighted by atomic mass is 15.1. The van der Waals surface area contributed by atoms with E-state index >= 15 is 0 Å². The highest BCUT2D eigenvalue weighted by Gasteiger charge is 2.19. The van der Waals surface area contributed by atoms with Gasteiger partial charge in [-0.05, 0) is 96.0 Å². The Morgan fingerprint density at radius 3 is 1.61 bits per heavy atom. The van der Waals surface area contributed by atoms with Gasteiger partial charge in [0.05, 0.1) is 11.0 Å². The van der Waals surface area contributed by atoms with E-state index in [1.165, 1.54) is 65.7 Å². The average Bonchev–Trinajstić information content (AvgIpc) is 3.60. The molecule has 0 fully saturated rings. The molecule has 2 nitrogen and oxygen atoms in total. The molecule has 2 heteroatoms. The number of aromatic nitrogens is 2. The summed E-state index contributed by atoms with van der Waals surface area (Å²) >= 11 is 0. The van der Waals surface area contributed by atoms with Crippen LogP contribution in [0.15, 0.2) is 194 Å². The maximum atomic E-state index is 5.18. The Labute approximate surface area is 296 Å². The third kappa shape index (κ3) is 4.92. The smallest absolute Gasteiger partial charge is 0.145 e. The lowest BCUT2D eigenvalue weighted by Gasteiger charge is -2.18. The molecule has 0 amide bonds. The van der Waals surface area contributed by atoms with E-state index in [-0.39, 0.29) is 0 Å². The predicted octanol–water partition coefficient (Wildman–Crippen LogP) is 13.2. The van der Waals surface area contributed by atoms with Crippen LogP contribution in [0.25, 0.3) is 93.8 Å². The van der Waals surface area contributed by atoms with Crippen molar-refractivity contribution in [3.8, 4) is 50.5 Å². The Balaban J connectivity index is 1.14. The molecule has 0 saturated heterocycles. The van der Waals surface area contributed by atoms with Gasteiger partial charge < -0.3 is 0 Å². The molecule has 0 bridgehead atoms. The van der Waals surface area contributed by atoms with Crippen LogP contribution < -0.4 is 0 Å². The van der Waals surface area contributed by atoms with E-state index in [2.05, 4.69) is 199 Å². The van der Waals surface area contributed by atoms with Gasteiger partial charge in [0.1, 0.15) is 5.82 Å². The van der Waals surface area contributed by atoms with E-state index in [9.17, 15) is 0 Å². The minimum atomic E-state index is 0.932. The molecule has 0 aliphatic rings. The van der Waals surface area contributed by atoms with Crippen molar-refractivity contribution in [1.82, 2.24) is 9.55 Å². The van der Waals surface area contributed by atoms with Crippen LogP contribution in [-0.2, 0) is 0 Å². The molecule has 10 aromatic rings. The first-order valence-corrected chi connectivity index (χ1v) is 17.5. The van der Waals surface area contributed by atoms with Crippen LogP contribution in [0.5, 0.6) is 0 Å². The van der Waals surface area contributed by atoms with Crippen LogP contribution >= 0.6 is 0 Å². The highest BCUT2D eigenvalue weighted by Crippen LogP contribution is 2.44. The summed E-state index contributed by atoms with van der Waals surface area (Å²) in [7, 11) is 0. The van der Waals surface area contributed by atoms with Crippen LogP contribution in [0.4, 0.5) is 0 Å². The SMILES string of the molecule is c1ccc(-c2cccc(-c3c4ccccc4c(-c4ccc(-c5nc6ccccc6n5-c5ccc6ccccc6c5)cc4)c4ccccc34)c2)cc1. The molecular weight excluding hydrogens is 617 g/mol. The second-order valence-corrected chi connectivity index (χ2v) is 13.2. The summed E-state index contributed by atoms with van der Waals surface area (Å²) < 4.78 is 2.29. The maximum absolute atomic E-state index is 5.18. The molecule has 0 aliphatic heterocycles. The fourth-order valence-corrected chi connectivity index (χ4v) is 7.82. The van der Waals surface area contributed by atoms with Crippen molar-refractivity contribution in [3.63, 3.8) is 0 Å². The first kappa shape index (κ1) is 29.2. The standard InChI is InChI=1S/C49H32N2/c1-2-13-33(14-3-1)37-17-12-18-39(31-37)48-43-21-8-6-19-41(43)47(42-20-7-9-22-44(42)48)35-25-27-36(28-26-35)49-50-45-23-10-11-24-46(45)51(49)40-30-29-34-15-4-5-16-38(34)32-40/h1-32H. The minimum Gasteiger partial charge on any atom is -0.292 e. The summed E-state index contributed by atoms with van der Waals surface area (Å²) in [6.45, 7) is 0. The molecule has 1 aromatic heterocycles. The zero-order valence-electron chi connectivity index (χ0n) is 27.9. The van der Waals surface area contributed by atoms with E-state index in [4.69, 9.17) is 4.98 Å². The molecule has 10 rings (SSSR count). The summed E-state index contributed by atoms with van der Waals surface area (Å²) in [4.78, 5) is 5.18. The lowest BCUT2D eigenvalue weighted by Crippen LogP contribution is -1.98. The average molecular weight is 649 g/mol. The fourth-order valence-electron chi connectivity index (χ4n) is 7.82. The lowest BCUT2D eigenvalue weighted by molar-refractivity contribution is 1.11. The van der Waals surface area contributed by atoms with Crippen molar-refractivity contribution >= 4 is 43.4 Å². The van der Waals surface area contributed by atoms with Gasteiger partial charge in [0, 0.05) is 11.3 Å². The normalized spacial score (nSPS) is 11.5. The summed E-state index contributed by atoms with van der Waals surface area (Å²) in [6, 6.07) is 69.9. The van der Waals surface area contributed by atoms with Crippen molar-refractivity contribution in [2.24, 2.45) is 0 Å². The van der Waals surface area contributed by atoms with E-state index in [0.717, 1.165) is 28.1 Å². The van der Waals surface area contributed by atoms with Crippen molar-refractivity contribution < 1.29 is 0 Å². The van der Waals surface area contributed by atoms with Gasteiger partial charge in [-0.1, -0.05) is 164 Å². The van der Waals surface area contributed by atoms with Crippen LogP contribution in [0.1, 0.15) is 0 Å². The number of para-hydroxylation sites is 2. The van der Waals surface area contributed by atoms with Gasteiger partial charge in [0.25, 0.3) is 0 Å². The molecule has 0 radical (unpaired) electrons. The quantitative estimate of drug-likeness (QED) is 0.170. The van der Waals surface area contributed by atoms with Gasteiger partial charge in [-0.2, -0.15) is 0 Å². The largest absolute Gasteiger partial charge is 0.292 e. The fraction of sp³-hybridized carbons (Fsp3) is 0.